The van der Waals surface area contributed by atoms with Crippen LogP contribution in [0.3, 0.4) is 0 Å². The number of primary amides is 1. The van der Waals surface area contributed by atoms with Gasteiger partial charge in [0.05, 0.1) is 6.04 Å². The largest absolute Gasteiger partial charge is 0.368 e. The molecular formula is C13H26N4O. The molecule has 104 valence electrons. The van der Waals surface area contributed by atoms with E-state index in [0.717, 1.165) is 32.1 Å². The molecule has 2 heterocycles. The van der Waals surface area contributed by atoms with Crippen LogP contribution in [-0.2, 0) is 4.79 Å². The second-order valence-electron chi connectivity index (χ2n) is 5.52. The fourth-order valence-electron chi connectivity index (χ4n) is 3.23. The molecule has 5 heteroatoms. The molecule has 2 fully saturated rings. The minimum atomic E-state index is -0.241. The molecule has 0 aromatic heterocycles. The highest BCUT2D eigenvalue weighted by Gasteiger charge is 2.28. The van der Waals surface area contributed by atoms with Gasteiger partial charge in [-0.2, -0.15) is 0 Å². The molecule has 2 saturated heterocycles. The molecule has 18 heavy (non-hydrogen) atoms. The molecule has 2 aliphatic heterocycles. The van der Waals surface area contributed by atoms with Crippen LogP contribution < -0.4 is 11.1 Å². The maximum atomic E-state index is 11.2. The summed E-state index contributed by atoms with van der Waals surface area (Å²) in [5.74, 6) is -0.241. The van der Waals surface area contributed by atoms with Crippen molar-refractivity contribution in [2.24, 2.45) is 5.73 Å². The summed E-state index contributed by atoms with van der Waals surface area (Å²) in [5.41, 5.74) is 5.35. The van der Waals surface area contributed by atoms with Gasteiger partial charge in [0.2, 0.25) is 5.91 Å². The fraction of sp³-hybridized carbons (Fsp3) is 0.923. The molecule has 0 spiro atoms. The Hall–Kier alpha value is -0.650. The Bertz CT molecular complexity index is 284. The van der Waals surface area contributed by atoms with Crippen LogP contribution in [0.1, 0.15) is 25.7 Å². The summed E-state index contributed by atoms with van der Waals surface area (Å²) in [7, 11) is 1.80. The van der Waals surface area contributed by atoms with Crippen molar-refractivity contribution in [1.29, 1.82) is 0 Å². The number of hydrogen-bond donors (Lipinski definition) is 2. The average Bonchev–Trinajstić information content (AvgIpc) is 2.68. The third-order valence-corrected chi connectivity index (χ3v) is 4.31. The van der Waals surface area contributed by atoms with Crippen LogP contribution in [0.2, 0.25) is 0 Å². The maximum absolute atomic E-state index is 11.2. The summed E-state index contributed by atoms with van der Waals surface area (Å²) in [5, 5.41) is 2.99. The zero-order chi connectivity index (χ0) is 13.0. The number of rotatable bonds is 5. The Balaban J connectivity index is 1.80. The number of carbonyl (C=O) groups excluding carboxylic acids is 1. The molecule has 0 bridgehead atoms. The topological polar surface area (TPSA) is 61.6 Å². The van der Waals surface area contributed by atoms with Crippen molar-refractivity contribution in [1.82, 2.24) is 15.1 Å². The van der Waals surface area contributed by atoms with Crippen molar-refractivity contribution in [3.8, 4) is 0 Å². The van der Waals surface area contributed by atoms with E-state index < -0.39 is 0 Å². The minimum Gasteiger partial charge on any atom is -0.368 e. The fourth-order valence-corrected chi connectivity index (χ4v) is 3.23. The van der Waals surface area contributed by atoms with Crippen LogP contribution in [0.5, 0.6) is 0 Å². The molecule has 2 unspecified atom stereocenters. The van der Waals surface area contributed by atoms with E-state index in [2.05, 4.69) is 15.1 Å². The number of hydrogen-bond acceptors (Lipinski definition) is 4. The Morgan fingerprint density at radius 1 is 1.39 bits per heavy atom. The van der Waals surface area contributed by atoms with Gasteiger partial charge in [0.1, 0.15) is 0 Å². The number of likely N-dealkylation sites (N-methyl/N-ethyl adjacent to an activating group) is 1. The molecule has 0 aromatic rings. The number of fused-ring (bicyclic) bond motifs is 1. The quantitative estimate of drug-likeness (QED) is 0.702. The molecule has 3 N–H and O–H groups in total. The van der Waals surface area contributed by atoms with E-state index in [4.69, 9.17) is 5.73 Å². The molecule has 2 atom stereocenters. The van der Waals surface area contributed by atoms with Gasteiger partial charge in [-0.15, -0.1) is 0 Å². The zero-order valence-corrected chi connectivity index (χ0v) is 11.4. The number of carbonyl (C=O) groups is 1. The zero-order valence-electron chi connectivity index (χ0n) is 11.4. The number of amides is 1. The first-order valence-electron chi connectivity index (χ1n) is 7.13. The lowest BCUT2D eigenvalue weighted by Gasteiger charge is -2.26. The second-order valence-corrected chi connectivity index (χ2v) is 5.52. The summed E-state index contributed by atoms with van der Waals surface area (Å²) >= 11 is 0. The van der Waals surface area contributed by atoms with Crippen molar-refractivity contribution in [2.75, 3.05) is 39.8 Å². The monoisotopic (exact) mass is 254 g/mol. The van der Waals surface area contributed by atoms with Crippen LogP contribution in [-0.4, -0.2) is 67.6 Å². The van der Waals surface area contributed by atoms with E-state index in [0.29, 0.717) is 0 Å². The van der Waals surface area contributed by atoms with Crippen molar-refractivity contribution >= 4 is 5.91 Å². The van der Waals surface area contributed by atoms with Crippen molar-refractivity contribution in [3.05, 3.63) is 0 Å². The molecule has 0 aromatic carbocycles. The van der Waals surface area contributed by atoms with E-state index >= 15 is 0 Å². The van der Waals surface area contributed by atoms with Gasteiger partial charge >= 0.3 is 0 Å². The van der Waals surface area contributed by atoms with Crippen LogP contribution in [0.15, 0.2) is 0 Å². The summed E-state index contributed by atoms with van der Waals surface area (Å²) in [6, 6.07) is 0.557. The summed E-state index contributed by atoms with van der Waals surface area (Å²) < 4.78 is 0. The van der Waals surface area contributed by atoms with Crippen LogP contribution >= 0.6 is 0 Å². The molecule has 2 rings (SSSR count). The lowest BCUT2D eigenvalue weighted by Crippen LogP contribution is -2.43. The number of nitrogens with zero attached hydrogens (tertiary/aromatic N) is 2. The first-order valence-corrected chi connectivity index (χ1v) is 7.13. The normalized spacial score (nSPS) is 27.7. The van der Waals surface area contributed by atoms with Gasteiger partial charge in [-0.05, 0) is 52.4 Å². The van der Waals surface area contributed by atoms with Gasteiger partial charge in [0.15, 0.2) is 0 Å². The van der Waals surface area contributed by atoms with E-state index in [1.165, 1.54) is 32.4 Å². The highest BCUT2D eigenvalue weighted by molar-refractivity contribution is 5.79. The van der Waals surface area contributed by atoms with Gasteiger partial charge in [-0.3, -0.25) is 9.69 Å². The van der Waals surface area contributed by atoms with Gasteiger partial charge in [-0.25, -0.2) is 0 Å². The van der Waals surface area contributed by atoms with E-state index in [-0.39, 0.29) is 11.9 Å². The lowest BCUT2D eigenvalue weighted by atomic mass is 10.1. The third kappa shape index (κ3) is 3.43. The first-order chi connectivity index (χ1) is 8.70. The highest BCUT2D eigenvalue weighted by atomic mass is 16.1. The van der Waals surface area contributed by atoms with E-state index in [9.17, 15) is 4.79 Å². The van der Waals surface area contributed by atoms with Gasteiger partial charge in [0.25, 0.3) is 0 Å². The smallest absolute Gasteiger partial charge is 0.234 e. The standard InChI is InChI=1S/C13H26N4O/c1-15-12(13(14)18)5-9-16-6-3-8-17-7-2-4-11(17)10-16/h11-12,15H,2-10H2,1H3,(H2,14,18). The minimum absolute atomic E-state index is 0.187. The molecule has 1 amide bonds. The second kappa shape index (κ2) is 6.50. The molecule has 2 aliphatic rings. The number of nitrogens with one attached hydrogen (secondary N) is 1. The molecule has 0 saturated carbocycles. The Morgan fingerprint density at radius 2 is 2.17 bits per heavy atom. The molecular weight excluding hydrogens is 228 g/mol. The lowest BCUT2D eigenvalue weighted by molar-refractivity contribution is -0.120. The van der Waals surface area contributed by atoms with Gasteiger partial charge in [-0.1, -0.05) is 0 Å². The van der Waals surface area contributed by atoms with Gasteiger partial charge in [0, 0.05) is 19.1 Å². The SMILES string of the molecule is CNC(CCN1CCCN2CCCC2C1)C(N)=O. The van der Waals surface area contributed by atoms with Gasteiger partial charge < -0.3 is 16.0 Å². The molecule has 0 aliphatic carbocycles. The Labute approximate surface area is 110 Å². The summed E-state index contributed by atoms with van der Waals surface area (Å²) in [6.45, 7) is 5.81. The Kier molecular flexibility index (Phi) is 4.97. The van der Waals surface area contributed by atoms with E-state index in [1.54, 1.807) is 7.05 Å². The first kappa shape index (κ1) is 13.8. The summed E-state index contributed by atoms with van der Waals surface area (Å²) in [4.78, 5) is 16.3. The van der Waals surface area contributed by atoms with Crippen molar-refractivity contribution in [3.63, 3.8) is 0 Å². The third-order valence-electron chi connectivity index (χ3n) is 4.31. The van der Waals surface area contributed by atoms with Crippen LogP contribution in [0, 0.1) is 0 Å². The van der Waals surface area contributed by atoms with Crippen LogP contribution in [0.25, 0.3) is 0 Å². The molecule has 0 radical (unpaired) electrons. The van der Waals surface area contributed by atoms with Crippen molar-refractivity contribution in [2.45, 2.75) is 37.8 Å². The predicted molar refractivity (Wildman–Crippen MR) is 72.3 cm³/mol. The Morgan fingerprint density at radius 3 is 2.89 bits per heavy atom. The predicted octanol–water partition coefficient (Wildman–Crippen LogP) is -0.380. The maximum Gasteiger partial charge on any atom is 0.234 e. The average molecular weight is 254 g/mol. The van der Waals surface area contributed by atoms with Crippen LogP contribution in [0.4, 0.5) is 0 Å². The number of nitrogens with two attached hydrogens (primary N) is 1. The summed E-state index contributed by atoms with van der Waals surface area (Å²) in [6.07, 6.45) is 4.75. The highest BCUT2D eigenvalue weighted by Crippen LogP contribution is 2.21. The van der Waals surface area contributed by atoms with E-state index in [1.807, 2.05) is 0 Å². The molecule has 5 nitrogen and oxygen atoms in total. The van der Waals surface area contributed by atoms with Crippen molar-refractivity contribution < 1.29 is 4.79 Å².